The molecule has 0 unspecified atom stereocenters. The summed E-state index contributed by atoms with van der Waals surface area (Å²) < 4.78 is 25.9. The Hall–Kier alpha value is -4.69. The van der Waals surface area contributed by atoms with Crippen molar-refractivity contribution in [1.82, 2.24) is 25.1 Å². The van der Waals surface area contributed by atoms with E-state index in [1.165, 1.54) is 6.07 Å². The Balaban J connectivity index is 1.43. The number of nitrogens with zero attached hydrogens (tertiary/aromatic N) is 3. The van der Waals surface area contributed by atoms with E-state index in [0.29, 0.717) is 18.1 Å². The third kappa shape index (κ3) is 4.89. The summed E-state index contributed by atoms with van der Waals surface area (Å²) in [6.07, 6.45) is 3.51. The van der Waals surface area contributed by atoms with Crippen molar-refractivity contribution in [2.24, 2.45) is 0 Å². The Morgan fingerprint density at radius 1 is 0.875 bits per heavy atom. The quantitative estimate of drug-likeness (QED) is 0.223. The minimum absolute atomic E-state index is 0.334. The lowest BCUT2D eigenvalue weighted by atomic mass is 9.99. The number of ether oxygens (including phenoxy) is 2. The predicted molar refractivity (Wildman–Crippen MR) is 157 cm³/mol. The summed E-state index contributed by atoms with van der Waals surface area (Å²) in [7, 11) is 5.59. The van der Waals surface area contributed by atoms with Gasteiger partial charge in [0, 0.05) is 40.7 Å². The molecule has 3 aromatic heterocycles. The molecule has 0 saturated heterocycles. The van der Waals surface area contributed by atoms with Crippen LogP contribution in [-0.2, 0) is 0 Å². The number of pyridine rings is 1. The molecule has 2 N–H and O–H groups in total. The maximum atomic E-state index is 14.7. The monoisotopic (exact) mass is 535 g/mol. The first kappa shape index (κ1) is 25.6. The zero-order valence-electron chi connectivity index (χ0n) is 22.9. The Labute approximate surface area is 231 Å². The average Bonchev–Trinajstić information content (AvgIpc) is 3.57. The number of rotatable bonds is 8. The highest BCUT2D eigenvalue weighted by molar-refractivity contribution is 6.03. The molecule has 8 heteroatoms. The number of aromatic nitrogens is 4. The molecule has 0 spiro atoms. The molecule has 40 heavy (non-hydrogen) atoms. The van der Waals surface area contributed by atoms with Crippen LogP contribution in [0.4, 0.5) is 4.39 Å². The van der Waals surface area contributed by atoms with E-state index in [2.05, 4.69) is 39.2 Å². The van der Waals surface area contributed by atoms with Crippen LogP contribution in [0.5, 0.6) is 11.5 Å². The molecule has 0 bridgehead atoms. The topological polar surface area (TPSA) is 79.1 Å². The molecular formula is C32H30FN5O2. The number of H-pyrrole nitrogens is 2. The third-order valence-corrected chi connectivity index (χ3v) is 7.09. The standard InChI is InChI=1S/C32H30FN5O2/c1-19-5-7-26(21-11-23(33)15-24(12-21)40-10-9-38(2)3)27-16-30(35-31(19)27)32-28-14-20(6-8-29(28)36-37-32)22-13-25(39-4)18-34-17-22/h5-8,11-18,35H,9-10H2,1-4H3,(H,36,37). The maximum Gasteiger partial charge on any atom is 0.137 e. The smallest absolute Gasteiger partial charge is 0.137 e. The van der Waals surface area contributed by atoms with Gasteiger partial charge in [-0.15, -0.1) is 0 Å². The molecule has 7 nitrogen and oxygen atoms in total. The fourth-order valence-corrected chi connectivity index (χ4v) is 4.97. The van der Waals surface area contributed by atoms with Gasteiger partial charge in [0.2, 0.25) is 0 Å². The van der Waals surface area contributed by atoms with Gasteiger partial charge in [-0.25, -0.2) is 4.39 Å². The van der Waals surface area contributed by atoms with E-state index in [4.69, 9.17) is 9.47 Å². The Morgan fingerprint density at radius 3 is 2.55 bits per heavy atom. The molecule has 3 heterocycles. The summed E-state index contributed by atoms with van der Waals surface area (Å²) in [5.41, 5.74) is 8.32. The lowest BCUT2D eigenvalue weighted by Gasteiger charge is -2.13. The summed E-state index contributed by atoms with van der Waals surface area (Å²) in [5.74, 6) is 0.881. The zero-order valence-corrected chi connectivity index (χ0v) is 22.9. The second-order valence-electron chi connectivity index (χ2n) is 10.2. The average molecular weight is 536 g/mol. The van der Waals surface area contributed by atoms with E-state index in [-0.39, 0.29) is 5.82 Å². The molecule has 6 rings (SSSR count). The van der Waals surface area contributed by atoms with Gasteiger partial charge < -0.3 is 19.4 Å². The summed E-state index contributed by atoms with van der Waals surface area (Å²) >= 11 is 0. The first-order chi connectivity index (χ1) is 19.4. The summed E-state index contributed by atoms with van der Waals surface area (Å²) in [6, 6.07) is 19.2. The highest BCUT2D eigenvalue weighted by Gasteiger charge is 2.16. The van der Waals surface area contributed by atoms with Gasteiger partial charge in [-0.2, -0.15) is 5.10 Å². The Bertz CT molecular complexity index is 1840. The van der Waals surface area contributed by atoms with Crippen LogP contribution < -0.4 is 9.47 Å². The van der Waals surface area contributed by atoms with E-state index >= 15 is 0 Å². The Morgan fingerprint density at radius 2 is 1.73 bits per heavy atom. The van der Waals surface area contributed by atoms with Crippen LogP contribution in [0.1, 0.15) is 5.56 Å². The van der Waals surface area contributed by atoms with Crippen LogP contribution in [0, 0.1) is 12.7 Å². The van der Waals surface area contributed by atoms with Crippen LogP contribution >= 0.6 is 0 Å². The summed E-state index contributed by atoms with van der Waals surface area (Å²) in [5, 5.41) is 9.78. The van der Waals surface area contributed by atoms with E-state index in [9.17, 15) is 4.39 Å². The predicted octanol–water partition coefficient (Wildman–Crippen LogP) is 6.84. The fourth-order valence-electron chi connectivity index (χ4n) is 4.97. The van der Waals surface area contributed by atoms with Gasteiger partial charge in [0.25, 0.3) is 0 Å². The van der Waals surface area contributed by atoms with Crippen LogP contribution in [0.2, 0.25) is 0 Å². The van der Waals surface area contributed by atoms with E-state index in [1.54, 1.807) is 19.4 Å². The van der Waals surface area contributed by atoms with Crippen molar-refractivity contribution in [2.75, 3.05) is 34.4 Å². The second-order valence-corrected chi connectivity index (χ2v) is 10.2. The summed E-state index contributed by atoms with van der Waals surface area (Å²) in [4.78, 5) is 9.91. The molecule has 0 aliphatic heterocycles. The van der Waals surface area contributed by atoms with E-state index in [0.717, 1.165) is 67.6 Å². The highest BCUT2D eigenvalue weighted by atomic mass is 19.1. The van der Waals surface area contributed by atoms with Crippen LogP contribution in [0.25, 0.3) is 55.4 Å². The van der Waals surface area contributed by atoms with Gasteiger partial charge in [0.05, 0.1) is 24.5 Å². The third-order valence-electron chi connectivity index (χ3n) is 7.09. The van der Waals surface area contributed by atoms with Crippen LogP contribution in [-0.4, -0.2) is 59.4 Å². The molecule has 202 valence electrons. The van der Waals surface area contributed by atoms with Gasteiger partial charge in [0.1, 0.15) is 29.6 Å². The van der Waals surface area contributed by atoms with Gasteiger partial charge in [-0.05, 0) is 79.7 Å². The number of halogens is 1. The summed E-state index contributed by atoms with van der Waals surface area (Å²) in [6.45, 7) is 3.29. The molecule has 0 aliphatic carbocycles. The van der Waals surface area contributed by atoms with Crippen molar-refractivity contribution in [3.8, 4) is 45.1 Å². The number of hydrogen-bond donors (Lipinski definition) is 2. The molecular weight excluding hydrogens is 505 g/mol. The number of nitrogens with one attached hydrogen (secondary N) is 2. The first-order valence-corrected chi connectivity index (χ1v) is 13.1. The molecule has 0 amide bonds. The van der Waals surface area contributed by atoms with Crippen molar-refractivity contribution in [1.29, 1.82) is 0 Å². The number of likely N-dealkylation sites (N-methyl/N-ethyl adjacent to an activating group) is 1. The van der Waals surface area contributed by atoms with Crippen molar-refractivity contribution < 1.29 is 13.9 Å². The molecule has 6 aromatic rings. The van der Waals surface area contributed by atoms with Crippen molar-refractivity contribution >= 4 is 21.8 Å². The fraction of sp³-hybridized carbons (Fsp3) is 0.188. The van der Waals surface area contributed by atoms with Crippen LogP contribution in [0.3, 0.4) is 0 Å². The van der Waals surface area contributed by atoms with E-state index < -0.39 is 0 Å². The second kappa shape index (κ2) is 10.5. The molecule has 3 aromatic carbocycles. The number of fused-ring (bicyclic) bond motifs is 2. The molecule has 0 fully saturated rings. The number of hydrogen-bond acceptors (Lipinski definition) is 5. The SMILES string of the molecule is COc1cncc(-c2ccc3[nH]nc(-c4cc5c(-c6cc(F)cc(OCCN(C)C)c6)ccc(C)c5[nH]4)c3c2)c1. The number of aryl methyl sites for hydroxylation is 1. The maximum absolute atomic E-state index is 14.7. The minimum Gasteiger partial charge on any atom is -0.495 e. The molecule has 0 radical (unpaired) electrons. The largest absolute Gasteiger partial charge is 0.495 e. The molecule has 0 atom stereocenters. The van der Waals surface area contributed by atoms with Gasteiger partial charge in [-0.3, -0.25) is 10.1 Å². The number of aromatic amines is 2. The van der Waals surface area contributed by atoms with Crippen molar-refractivity contribution in [3.63, 3.8) is 0 Å². The van der Waals surface area contributed by atoms with Gasteiger partial charge >= 0.3 is 0 Å². The van der Waals surface area contributed by atoms with Crippen molar-refractivity contribution in [3.05, 3.63) is 84.4 Å². The molecule has 0 saturated carbocycles. The Kier molecular flexibility index (Phi) is 6.69. The molecule has 0 aliphatic rings. The van der Waals surface area contributed by atoms with Gasteiger partial charge in [-0.1, -0.05) is 18.2 Å². The normalized spacial score (nSPS) is 11.6. The van der Waals surface area contributed by atoms with E-state index in [1.807, 2.05) is 61.6 Å². The van der Waals surface area contributed by atoms with Crippen LogP contribution in [0.15, 0.2) is 73.1 Å². The zero-order chi connectivity index (χ0) is 27.8. The first-order valence-electron chi connectivity index (χ1n) is 13.1. The number of benzene rings is 3. The number of methoxy groups -OCH3 is 1. The lowest BCUT2D eigenvalue weighted by molar-refractivity contribution is 0.260. The lowest BCUT2D eigenvalue weighted by Crippen LogP contribution is -2.19. The van der Waals surface area contributed by atoms with Gasteiger partial charge in [0.15, 0.2) is 0 Å². The van der Waals surface area contributed by atoms with Crippen molar-refractivity contribution in [2.45, 2.75) is 6.92 Å². The minimum atomic E-state index is -0.334. The highest BCUT2D eigenvalue weighted by Crippen LogP contribution is 2.37.